The lowest BCUT2D eigenvalue weighted by atomic mass is 10.1. The fourth-order valence-corrected chi connectivity index (χ4v) is 2.01. The largest absolute Gasteiger partial charge is 0.320 e. The Bertz CT molecular complexity index is 256. The van der Waals surface area contributed by atoms with Crippen LogP contribution in [0.3, 0.4) is 0 Å². The van der Waals surface area contributed by atoms with E-state index in [4.69, 9.17) is 0 Å². The van der Waals surface area contributed by atoms with Crippen molar-refractivity contribution in [1.29, 1.82) is 0 Å². The van der Waals surface area contributed by atoms with Crippen molar-refractivity contribution < 1.29 is 4.79 Å². The molecular weight excluding hydrogens is 194 g/mol. The first kappa shape index (κ1) is 11.4. The molecule has 0 spiro atoms. The summed E-state index contributed by atoms with van der Waals surface area (Å²) in [5.41, 5.74) is 1.29. The third-order valence-electron chi connectivity index (χ3n) is 2.16. The van der Waals surface area contributed by atoms with Gasteiger partial charge in [0.05, 0.1) is 0 Å². The van der Waals surface area contributed by atoms with Crippen molar-refractivity contribution >= 4 is 17.1 Å². The summed E-state index contributed by atoms with van der Waals surface area (Å²) in [6.45, 7) is 0.935. The molecule has 0 atom stereocenters. The molecule has 0 radical (unpaired) electrons. The molecule has 0 aliphatic carbocycles. The maximum atomic E-state index is 11.4. The highest BCUT2D eigenvalue weighted by Crippen LogP contribution is 2.09. The van der Waals surface area contributed by atoms with Crippen molar-refractivity contribution in [3.8, 4) is 0 Å². The molecular formula is C11H17NOS. The molecule has 0 fully saturated rings. The lowest BCUT2D eigenvalue weighted by Gasteiger charge is -1.99. The van der Waals surface area contributed by atoms with E-state index in [0.717, 1.165) is 19.4 Å². The van der Waals surface area contributed by atoms with Gasteiger partial charge in [-0.2, -0.15) is 11.3 Å². The van der Waals surface area contributed by atoms with Crippen LogP contribution >= 0.6 is 11.3 Å². The maximum Gasteiger partial charge on any atom is 0.133 e. The Morgan fingerprint density at radius 3 is 3.00 bits per heavy atom. The minimum atomic E-state index is 0.381. The van der Waals surface area contributed by atoms with E-state index in [9.17, 15) is 4.79 Å². The number of hydrogen-bond donors (Lipinski definition) is 1. The average molecular weight is 211 g/mol. The molecule has 0 unspecified atom stereocenters. The number of ketones is 1. The van der Waals surface area contributed by atoms with Crippen LogP contribution < -0.4 is 5.32 Å². The van der Waals surface area contributed by atoms with E-state index in [2.05, 4.69) is 22.1 Å². The fraction of sp³-hybridized carbons (Fsp3) is 0.545. The van der Waals surface area contributed by atoms with Gasteiger partial charge >= 0.3 is 0 Å². The topological polar surface area (TPSA) is 29.1 Å². The predicted octanol–water partition coefficient (Wildman–Crippen LogP) is 2.25. The van der Waals surface area contributed by atoms with Gasteiger partial charge in [-0.25, -0.2) is 0 Å². The third-order valence-corrected chi connectivity index (χ3v) is 2.89. The summed E-state index contributed by atoms with van der Waals surface area (Å²) >= 11 is 1.69. The Labute approximate surface area is 89.3 Å². The van der Waals surface area contributed by atoms with Gasteiger partial charge in [0.25, 0.3) is 0 Å². The highest BCUT2D eigenvalue weighted by Gasteiger charge is 2.02. The third kappa shape index (κ3) is 4.53. The summed E-state index contributed by atoms with van der Waals surface area (Å²) in [4.78, 5) is 11.4. The highest BCUT2D eigenvalue weighted by molar-refractivity contribution is 7.07. The van der Waals surface area contributed by atoms with Crippen LogP contribution in [0.4, 0.5) is 0 Å². The van der Waals surface area contributed by atoms with Gasteiger partial charge in [0.1, 0.15) is 5.78 Å². The minimum Gasteiger partial charge on any atom is -0.320 e. The molecule has 0 aromatic carbocycles. The molecule has 14 heavy (non-hydrogen) atoms. The number of rotatable bonds is 7. The van der Waals surface area contributed by atoms with Crippen LogP contribution in [-0.2, 0) is 11.2 Å². The molecule has 0 amide bonds. The second-order valence-corrected chi connectivity index (χ2v) is 4.16. The van der Waals surface area contributed by atoms with Crippen LogP contribution in [0.1, 0.15) is 24.8 Å². The highest BCUT2D eigenvalue weighted by atomic mass is 32.1. The summed E-state index contributed by atoms with van der Waals surface area (Å²) in [5.74, 6) is 0.381. The smallest absolute Gasteiger partial charge is 0.133 e. The standard InChI is InChI=1S/C11H17NOS/c1-12-7-2-3-11(13)5-4-10-6-8-14-9-10/h6,8-9,12H,2-5,7H2,1H3. The molecule has 1 N–H and O–H groups in total. The molecule has 0 saturated carbocycles. The summed E-state index contributed by atoms with van der Waals surface area (Å²) in [6.07, 6.45) is 3.27. The normalized spacial score (nSPS) is 10.4. The lowest BCUT2D eigenvalue weighted by Crippen LogP contribution is -2.10. The van der Waals surface area contributed by atoms with E-state index in [1.54, 1.807) is 11.3 Å². The van der Waals surface area contributed by atoms with E-state index >= 15 is 0 Å². The lowest BCUT2D eigenvalue weighted by molar-refractivity contribution is -0.119. The summed E-state index contributed by atoms with van der Waals surface area (Å²) in [7, 11) is 1.91. The quantitative estimate of drug-likeness (QED) is 0.701. The molecule has 0 saturated heterocycles. The number of hydrogen-bond acceptors (Lipinski definition) is 3. The average Bonchev–Trinajstić information content (AvgIpc) is 2.68. The summed E-state index contributed by atoms with van der Waals surface area (Å²) in [5, 5.41) is 7.21. The first-order valence-electron chi connectivity index (χ1n) is 5.00. The number of carbonyl (C=O) groups is 1. The van der Waals surface area contributed by atoms with Crippen molar-refractivity contribution in [2.45, 2.75) is 25.7 Å². The Morgan fingerprint density at radius 1 is 1.50 bits per heavy atom. The van der Waals surface area contributed by atoms with Crippen LogP contribution in [0.2, 0.25) is 0 Å². The van der Waals surface area contributed by atoms with Crippen molar-refractivity contribution in [3.05, 3.63) is 22.4 Å². The molecule has 0 bridgehead atoms. The van der Waals surface area contributed by atoms with E-state index < -0.39 is 0 Å². The number of carbonyl (C=O) groups excluding carboxylic acids is 1. The predicted molar refractivity (Wildman–Crippen MR) is 60.8 cm³/mol. The second kappa shape index (κ2) is 6.74. The zero-order valence-corrected chi connectivity index (χ0v) is 9.40. The molecule has 1 rings (SSSR count). The number of Topliss-reactive ketones (excluding diaryl/α,β-unsaturated/α-hetero) is 1. The van der Waals surface area contributed by atoms with Crippen LogP contribution in [0.5, 0.6) is 0 Å². The van der Waals surface area contributed by atoms with Crippen molar-refractivity contribution in [2.24, 2.45) is 0 Å². The van der Waals surface area contributed by atoms with Gasteiger partial charge in [0.15, 0.2) is 0 Å². The molecule has 3 heteroatoms. The van der Waals surface area contributed by atoms with Crippen molar-refractivity contribution in [3.63, 3.8) is 0 Å². The first-order valence-corrected chi connectivity index (χ1v) is 5.94. The van der Waals surface area contributed by atoms with Gasteiger partial charge < -0.3 is 5.32 Å². The van der Waals surface area contributed by atoms with Gasteiger partial charge in [-0.3, -0.25) is 4.79 Å². The Kier molecular flexibility index (Phi) is 5.49. The molecule has 78 valence electrons. The zero-order chi connectivity index (χ0) is 10.2. The Morgan fingerprint density at radius 2 is 2.36 bits per heavy atom. The molecule has 1 heterocycles. The van der Waals surface area contributed by atoms with Gasteiger partial charge in [0.2, 0.25) is 0 Å². The van der Waals surface area contributed by atoms with E-state index in [1.807, 2.05) is 7.05 Å². The van der Waals surface area contributed by atoms with E-state index in [-0.39, 0.29) is 0 Å². The number of nitrogens with one attached hydrogen (secondary N) is 1. The van der Waals surface area contributed by atoms with Crippen LogP contribution in [0.15, 0.2) is 16.8 Å². The van der Waals surface area contributed by atoms with Crippen LogP contribution in [0, 0.1) is 0 Å². The summed E-state index contributed by atoms with van der Waals surface area (Å²) < 4.78 is 0. The second-order valence-electron chi connectivity index (χ2n) is 3.38. The first-order chi connectivity index (χ1) is 6.83. The zero-order valence-electron chi connectivity index (χ0n) is 8.58. The van der Waals surface area contributed by atoms with Gasteiger partial charge in [-0.1, -0.05) is 0 Å². The molecule has 1 aromatic heterocycles. The monoisotopic (exact) mass is 211 g/mol. The van der Waals surface area contributed by atoms with Gasteiger partial charge in [-0.05, 0) is 48.8 Å². The van der Waals surface area contributed by atoms with Crippen LogP contribution in [0.25, 0.3) is 0 Å². The number of thiophene rings is 1. The summed E-state index contributed by atoms with van der Waals surface area (Å²) in [6, 6.07) is 2.09. The van der Waals surface area contributed by atoms with Crippen molar-refractivity contribution in [1.82, 2.24) is 5.32 Å². The van der Waals surface area contributed by atoms with Crippen molar-refractivity contribution in [2.75, 3.05) is 13.6 Å². The number of aryl methyl sites for hydroxylation is 1. The molecule has 1 aromatic rings. The van der Waals surface area contributed by atoms with E-state index in [0.29, 0.717) is 18.6 Å². The van der Waals surface area contributed by atoms with Gasteiger partial charge in [-0.15, -0.1) is 0 Å². The molecule has 0 aliphatic rings. The Balaban J connectivity index is 2.09. The van der Waals surface area contributed by atoms with Crippen LogP contribution in [-0.4, -0.2) is 19.4 Å². The maximum absolute atomic E-state index is 11.4. The van der Waals surface area contributed by atoms with E-state index in [1.165, 1.54) is 5.56 Å². The SMILES string of the molecule is CNCCCC(=O)CCc1ccsc1. The molecule has 0 aliphatic heterocycles. The minimum absolute atomic E-state index is 0.381. The fourth-order valence-electron chi connectivity index (χ4n) is 1.31. The molecule has 2 nitrogen and oxygen atoms in total. The Hall–Kier alpha value is -0.670. The van der Waals surface area contributed by atoms with Gasteiger partial charge in [0, 0.05) is 12.8 Å².